The van der Waals surface area contributed by atoms with E-state index in [0.29, 0.717) is 48.1 Å². The van der Waals surface area contributed by atoms with E-state index in [9.17, 15) is 9.59 Å². The van der Waals surface area contributed by atoms with Gasteiger partial charge in [-0.3, -0.25) is 4.79 Å². The van der Waals surface area contributed by atoms with Crippen LogP contribution in [0.3, 0.4) is 0 Å². The standard InChI is InChI=1S/C17H17ClN4O4/c1-25-16(24)11-2-3-13(18)14(8-11)21-17-19-9-12(10-20-17)15(23)22-4-6-26-7-5-22/h2-3,8-10H,4-7H2,1H3,(H,19,20,21). The Morgan fingerprint density at radius 1 is 1.19 bits per heavy atom. The monoisotopic (exact) mass is 376 g/mol. The zero-order valence-electron chi connectivity index (χ0n) is 14.1. The summed E-state index contributed by atoms with van der Waals surface area (Å²) in [5.74, 6) is -0.352. The van der Waals surface area contributed by atoms with Gasteiger partial charge in [0.2, 0.25) is 5.95 Å². The maximum Gasteiger partial charge on any atom is 0.337 e. The fourth-order valence-corrected chi connectivity index (χ4v) is 2.60. The molecule has 1 amide bonds. The average molecular weight is 377 g/mol. The zero-order valence-corrected chi connectivity index (χ0v) is 14.8. The summed E-state index contributed by atoms with van der Waals surface area (Å²) in [7, 11) is 1.30. The largest absolute Gasteiger partial charge is 0.465 e. The lowest BCUT2D eigenvalue weighted by Gasteiger charge is -2.26. The van der Waals surface area contributed by atoms with Gasteiger partial charge in [-0.1, -0.05) is 11.6 Å². The molecule has 0 unspecified atom stereocenters. The van der Waals surface area contributed by atoms with Crippen molar-refractivity contribution in [1.29, 1.82) is 0 Å². The van der Waals surface area contributed by atoms with E-state index in [-0.39, 0.29) is 11.9 Å². The molecule has 8 nitrogen and oxygen atoms in total. The number of nitrogens with zero attached hydrogens (tertiary/aromatic N) is 3. The Hall–Kier alpha value is -2.71. The molecule has 136 valence electrons. The summed E-state index contributed by atoms with van der Waals surface area (Å²) in [5, 5.41) is 3.33. The number of carbonyl (C=O) groups excluding carboxylic acids is 2. The first kappa shape index (κ1) is 18.1. The number of carbonyl (C=O) groups is 2. The van der Waals surface area contributed by atoms with Crippen molar-refractivity contribution in [3.8, 4) is 0 Å². The third kappa shape index (κ3) is 4.09. The second-order valence-electron chi connectivity index (χ2n) is 5.51. The van der Waals surface area contributed by atoms with E-state index < -0.39 is 5.97 Å². The maximum atomic E-state index is 12.4. The molecule has 1 fully saturated rings. The number of amides is 1. The number of morpholine rings is 1. The van der Waals surface area contributed by atoms with Crippen LogP contribution in [0.4, 0.5) is 11.6 Å². The highest BCUT2D eigenvalue weighted by Crippen LogP contribution is 2.25. The fourth-order valence-electron chi connectivity index (χ4n) is 2.44. The molecule has 2 heterocycles. The Balaban J connectivity index is 1.73. The van der Waals surface area contributed by atoms with E-state index in [1.807, 2.05) is 0 Å². The summed E-state index contributed by atoms with van der Waals surface area (Å²) in [5.41, 5.74) is 1.20. The SMILES string of the molecule is COC(=O)c1ccc(Cl)c(Nc2ncc(C(=O)N3CCOCC3)cn2)c1. The first-order valence-corrected chi connectivity index (χ1v) is 8.30. The molecule has 1 saturated heterocycles. The third-order valence-corrected chi connectivity index (χ3v) is 4.16. The van der Waals surface area contributed by atoms with Gasteiger partial charge in [0, 0.05) is 25.5 Å². The van der Waals surface area contributed by atoms with Crippen LogP contribution in [0.2, 0.25) is 5.02 Å². The van der Waals surface area contributed by atoms with Crippen molar-refractivity contribution in [2.24, 2.45) is 0 Å². The van der Waals surface area contributed by atoms with Gasteiger partial charge in [-0.15, -0.1) is 0 Å². The Bertz CT molecular complexity index is 807. The molecule has 0 bridgehead atoms. The van der Waals surface area contributed by atoms with Crippen molar-refractivity contribution in [1.82, 2.24) is 14.9 Å². The second-order valence-corrected chi connectivity index (χ2v) is 5.92. The molecule has 0 spiro atoms. The van der Waals surface area contributed by atoms with E-state index in [4.69, 9.17) is 16.3 Å². The number of ether oxygens (including phenoxy) is 2. The molecule has 1 aromatic carbocycles. The number of hydrogen-bond acceptors (Lipinski definition) is 7. The number of anilines is 2. The van der Waals surface area contributed by atoms with Gasteiger partial charge in [0.15, 0.2) is 0 Å². The quantitative estimate of drug-likeness (QED) is 0.817. The van der Waals surface area contributed by atoms with Crippen LogP contribution in [0.5, 0.6) is 0 Å². The van der Waals surface area contributed by atoms with Crippen molar-refractivity contribution < 1.29 is 19.1 Å². The molecule has 0 aliphatic carbocycles. The van der Waals surface area contributed by atoms with Gasteiger partial charge in [0.25, 0.3) is 5.91 Å². The highest BCUT2D eigenvalue weighted by molar-refractivity contribution is 6.33. The van der Waals surface area contributed by atoms with Crippen molar-refractivity contribution in [2.45, 2.75) is 0 Å². The number of esters is 1. The minimum Gasteiger partial charge on any atom is -0.465 e. The molecule has 0 saturated carbocycles. The van der Waals surface area contributed by atoms with E-state index in [0.717, 1.165) is 0 Å². The first-order chi connectivity index (χ1) is 12.6. The van der Waals surface area contributed by atoms with Gasteiger partial charge in [-0.05, 0) is 18.2 Å². The smallest absolute Gasteiger partial charge is 0.337 e. The van der Waals surface area contributed by atoms with Crippen LogP contribution in [-0.4, -0.2) is 60.2 Å². The van der Waals surface area contributed by atoms with E-state index in [1.54, 1.807) is 23.1 Å². The van der Waals surface area contributed by atoms with E-state index in [2.05, 4.69) is 20.0 Å². The topological polar surface area (TPSA) is 93.6 Å². The summed E-state index contributed by atoms with van der Waals surface area (Å²) >= 11 is 6.13. The summed E-state index contributed by atoms with van der Waals surface area (Å²) in [6.45, 7) is 2.16. The summed E-state index contributed by atoms with van der Waals surface area (Å²) in [6.07, 6.45) is 2.90. The van der Waals surface area contributed by atoms with Crippen LogP contribution >= 0.6 is 11.6 Å². The maximum absolute atomic E-state index is 12.4. The number of rotatable bonds is 4. The van der Waals surface area contributed by atoms with Gasteiger partial charge in [-0.2, -0.15) is 0 Å². The Morgan fingerprint density at radius 3 is 2.54 bits per heavy atom. The summed E-state index contributed by atoms with van der Waals surface area (Å²) in [6, 6.07) is 4.68. The van der Waals surface area contributed by atoms with Crippen molar-refractivity contribution in [3.05, 3.63) is 46.7 Å². The van der Waals surface area contributed by atoms with Crippen LogP contribution < -0.4 is 5.32 Å². The van der Waals surface area contributed by atoms with Gasteiger partial charge in [0.1, 0.15) is 0 Å². The number of benzene rings is 1. The Morgan fingerprint density at radius 2 is 1.88 bits per heavy atom. The molecule has 2 aromatic rings. The van der Waals surface area contributed by atoms with Crippen LogP contribution in [-0.2, 0) is 9.47 Å². The van der Waals surface area contributed by atoms with Crippen molar-refractivity contribution in [2.75, 3.05) is 38.7 Å². The predicted octanol–water partition coefficient (Wildman–Crippen LogP) is 2.13. The lowest BCUT2D eigenvalue weighted by molar-refractivity contribution is 0.0302. The van der Waals surface area contributed by atoms with Crippen LogP contribution in [0.15, 0.2) is 30.6 Å². The molecular weight excluding hydrogens is 360 g/mol. The van der Waals surface area contributed by atoms with Gasteiger partial charge in [-0.25, -0.2) is 14.8 Å². The molecule has 26 heavy (non-hydrogen) atoms. The van der Waals surface area contributed by atoms with Gasteiger partial charge >= 0.3 is 5.97 Å². The fraction of sp³-hybridized carbons (Fsp3) is 0.294. The zero-order chi connectivity index (χ0) is 18.5. The Kier molecular flexibility index (Phi) is 5.65. The van der Waals surface area contributed by atoms with E-state index >= 15 is 0 Å². The Labute approximate surface area is 155 Å². The number of methoxy groups -OCH3 is 1. The third-order valence-electron chi connectivity index (χ3n) is 3.83. The summed E-state index contributed by atoms with van der Waals surface area (Å²) in [4.78, 5) is 34.0. The summed E-state index contributed by atoms with van der Waals surface area (Å²) < 4.78 is 9.93. The van der Waals surface area contributed by atoms with Gasteiger partial charge < -0.3 is 19.7 Å². The van der Waals surface area contributed by atoms with E-state index in [1.165, 1.54) is 19.5 Å². The number of aromatic nitrogens is 2. The van der Waals surface area contributed by atoms with Gasteiger partial charge in [0.05, 0.1) is 42.2 Å². The lowest BCUT2D eigenvalue weighted by atomic mass is 10.2. The normalized spacial score (nSPS) is 14.0. The molecular formula is C17H17ClN4O4. The molecule has 1 aromatic heterocycles. The highest BCUT2D eigenvalue weighted by Gasteiger charge is 2.19. The highest BCUT2D eigenvalue weighted by atomic mass is 35.5. The molecule has 0 atom stereocenters. The number of nitrogens with one attached hydrogen (secondary N) is 1. The first-order valence-electron chi connectivity index (χ1n) is 7.92. The molecule has 1 aliphatic rings. The van der Waals surface area contributed by atoms with Crippen LogP contribution in [0.25, 0.3) is 0 Å². The molecule has 0 radical (unpaired) electrons. The number of halogens is 1. The van der Waals surface area contributed by atoms with Crippen LogP contribution in [0.1, 0.15) is 20.7 Å². The number of hydrogen-bond donors (Lipinski definition) is 1. The average Bonchev–Trinajstić information content (AvgIpc) is 2.69. The molecule has 1 aliphatic heterocycles. The predicted molar refractivity (Wildman–Crippen MR) is 94.8 cm³/mol. The minimum atomic E-state index is -0.475. The second kappa shape index (κ2) is 8.11. The molecule has 1 N–H and O–H groups in total. The van der Waals surface area contributed by atoms with Crippen LogP contribution in [0, 0.1) is 0 Å². The molecule has 3 rings (SSSR count). The van der Waals surface area contributed by atoms with Crippen molar-refractivity contribution in [3.63, 3.8) is 0 Å². The molecule has 9 heteroatoms. The van der Waals surface area contributed by atoms with Crippen molar-refractivity contribution >= 4 is 35.1 Å². The minimum absolute atomic E-state index is 0.134. The lowest BCUT2D eigenvalue weighted by Crippen LogP contribution is -2.40.